The van der Waals surface area contributed by atoms with Gasteiger partial charge in [0.05, 0.1) is 60.5 Å². The monoisotopic (exact) mass is 742 g/mol. The first kappa shape index (κ1) is 19.2. The smallest absolute Gasteiger partial charge is 0.240 e. The van der Waals surface area contributed by atoms with Crippen molar-refractivity contribution in [3.05, 3.63) is 182 Å². The zero-order chi connectivity index (χ0) is 51.1. The molecule has 264 valence electrons. The molecule has 8 aromatic carbocycles. The van der Waals surface area contributed by atoms with Crippen LogP contribution < -0.4 is 0 Å². The normalized spacial score (nSPS) is 16.1. The van der Waals surface area contributed by atoms with E-state index >= 15 is 0 Å². The lowest BCUT2D eigenvalue weighted by atomic mass is 9.95. The Balaban J connectivity index is 1.22. The molecule has 0 radical (unpaired) electrons. The quantitative estimate of drug-likeness (QED) is 0.180. The fourth-order valence-corrected chi connectivity index (χ4v) is 8.45. The summed E-state index contributed by atoms with van der Waals surface area (Å²) in [6.07, 6.45) is 0. The van der Waals surface area contributed by atoms with Gasteiger partial charge in [-0.15, -0.1) is 0 Å². The van der Waals surface area contributed by atoms with Crippen molar-refractivity contribution in [3.8, 4) is 34.4 Å². The van der Waals surface area contributed by atoms with Gasteiger partial charge in [0.25, 0.3) is 0 Å². The Hall–Kier alpha value is -7.83. The van der Waals surface area contributed by atoms with E-state index in [0.717, 1.165) is 52.8 Å². The second-order valence-corrected chi connectivity index (χ2v) is 13.7. The van der Waals surface area contributed by atoms with Gasteiger partial charge in [0.2, 0.25) is 11.9 Å². The first-order valence-corrected chi connectivity index (χ1v) is 18.0. The molecule has 5 heterocycles. The number of para-hydroxylation sites is 6. The van der Waals surface area contributed by atoms with Crippen LogP contribution in [0.5, 0.6) is 0 Å². The predicted molar refractivity (Wildman–Crippen MR) is 234 cm³/mol. The van der Waals surface area contributed by atoms with E-state index in [0.29, 0.717) is 11.1 Å². The Morgan fingerprint density at radius 3 is 1.25 bits per heavy atom. The van der Waals surface area contributed by atoms with Gasteiger partial charge in [0.1, 0.15) is 0 Å². The summed E-state index contributed by atoms with van der Waals surface area (Å²) in [5.74, 6) is -1.07. The summed E-state index contributed by atoms with van der Waals surface area (Å²) >= 11 is 0. The second kappa shape index (κ2) is 11.4. The molecule has 0 fully saturated rings. The standard InChI is InChI=1S/C51H30N6/c1-2-22-39(32(15-1)31-29-40-37-20-7-9-23-42(37)55-43-24-10-8-21-38(43)41(30-31)48(40)55)49-52-50(56-44-25-11-3-16-33(44)34-17-4-12-26-45(34)56)54-51(53-49)57-46-27-13-5-18-35(46)36-19-6-14-28-47(36)57/h1-30H/i3D,4D,5D,6D,11D,12D,13D,14D,16D,17D,18D,19D,25D,26D,27D,28D. The van der Waals surface area contributed by atoms with Crippen LogP contribution in [0.3, 0.4) is 0 Å². The van der Waals surface area contributed by atoms with Gasteiger partial charge in [0.15, 0.2) is 5.82 Å². The fourth-order valence-electron chi connectivity index (χ4n) is 8.45. The van der Waals surface area contributed by atoms with Gasteiger partial charge in [-0.25, -0.2) is 0 Å². The van der Waals surface area contributed by atoms with E-state index in [1.54, 1.807) is 12.1 Å². The van der Waals surface area contributed by atoms with Gasteiger partial charge in [-0.2, -0.15) is 15.0 Å². The zero-order valence-corrected chi connectivity index (χ0v) is 29.3. The van der Waals surface area contributed by atoms with Crippen molar-refractivity contribution in [1.29, 1.82) is 0 Å². The molecule has 0 saturated carbocycles. The van der Waals surface area contributed by atoms with Crippen LogP contribution in [-0.2, 0) is 0 Å². The lowest BCUT2D eigenvalue weighted by molar-refractivity contribution is 0.893. The molecule has 0 unspecified atom stereocenters. The summed E-state index contributed by atoms with van der Waals surface area (Å²) in [5.41, 5.74) is 3.40. The molecule has 57 heavy (non-hydrogen) atoms. The molecule has 0 N–H and O–H groups in total. The molecule has 5 aromatic heterocycles. The molecule has 0 spiro atoms. The molecule has 0 bridgehead atoms. The third-order valence-electron chi connectivity index (χ3n) is 10.8. The SMILES string of the molecule is [2H]c1c([2H])c([2H])c2c(c1[2H])c1c([2H])c([2H])c([2H])c([2H])c1n2-c1nc(-c2ccccc2-c2cc3c4ccccc4n4c5ccccc5c(c2)c34)nc(-n2c3c([2H])c([2H])c([2H])c([2H])c3c3c([2H])c([2H])c([2H])c([2H])c32)n1. The third kappa shape index (κ3) is 4.16. The lowest BCUT2D eigenvalue weighted by Crippen LogP contribution is -2.10. The maximum absolute atomic E-state index is 9.29. The molecule has 0 atom stereocenters. The van der Waals surface area contributed by atoms with E-state index in [1.807, 2.05) is 36.4 Å². The molecule has 0 saturated heterocycles. The lowest BCUT2D eigenvalue weighted by Gasteiger charge is -2.14. The van der Waals surface area contributed by atoms with Crippen molar-refractivity contribution in [3.63, 3.8) is 0 Å². The molecule has 0 aliphatic rings. The predicted octanol–water partition coefficient (Wildman–Crippen LogP) is 12.5. The van der Waals surface area contributed by atoms with Crippen LogP contribution in [0.15, 0.2) is 182 Å². The first-order valence-electron chi connectivity index (χ1n) is 26.0. The minimum atomic E-state index is -0.697. The fraction of sp³-hybridized carbons (Fsp3) is 0. The highest BCUT2D eigenvalue weighted by Gasteiger charge is 2.23. The summed E-state index contributed by atoms with van der Waals surface area (Å²) in [7, 11) is 0. The van der Waals surface area contributed by atoms with Crippen LogP contribution >= 0.6 is 0 Å². The van der Waals surface area contributed by atoms with Crippen molar-refractivity contribution >= 4 is 81.7 Å². The molecule has 0 aliphatic carbocycles. The minimum Gasteiger partial charge on any atom is -0.308 e. The molecule has 13 rings (SSSR count). The number of nitrogens with zero attached hydrogens (tertiary/aromatic N) is 6. The summed E-state index contributed by atoms with van der Waals surface area (Å²) in [4.78, 5) is 14.9. The Bertz CT molecular complexity index is 4300. The van der Waals surface area contributed by atoms with Crippen molar-refractivity contribution < 1.29 is 21.9 Å². The van der Waals surface area contributed by atoms with Gasteiger partial charge in [-0.3, -0.25) is 9.13 Å². The summed E-state index contributed by atoms with van der Waals surface area (Å²) < 4.78 is 148. The Morgan fingerprint density at radius 2 is 0.772 bits per heavy atom. The summed E-state index contributed by atoms with van der Waals surface area (Å²) in [6.45, 7) is 0. The van der Waals surface area contributed by atoms with E-state index in [2.05, 4.69) is 40.8 Å². The van der Waals surface area contributed by atoms with Crippen LogP contribution in [0.25, 0.3) is 116 Å². The first-order chi connectivity index (χ1) is 34.9. The van der Waals surface area contributed by atoms with Crippen LogP contribution in [0.1, 0.15) is 21.9 Å². The van der Waals surface area contributed by atoms with E-state index in [4.69, 9.17) is 31.4 Å². The largest absolute Gasteiger partial charge is 0.308 e. The van der Waals surface area contributed by atoms with Crippen LogP contribution in [0.4, 0.5) is 0 Å². The molecule has 0 amide bonds. The minimum absolute atomic E-state index is 0.136. The summed E-state index contributed by atoms with van der Waals surface area (Å²) in [6, 6.07) is 16.9. The molecule has 13 aromatic rings. The number of hydrogen-bond donors (Lipinski definition) is 0. The molecule has 0 aliphatic heterocycles. The van der Waals surface area contributed by atoms with Crippen LogP contribution in [0, 0.1) is 0 Å². The highest BCUT2D eigenvalue weighted by atomic mass is 15.3. The van der Waals surface area contributed by atoms with Gasteiger partial charge in [-0.1, -0.05) is 133 Å². The maximum Gasteiger partial charge on any atom is 0.240 e. The molecule has 6 heteroatoms. The van der Waals surface area contributed by atoms with Gasteiger partial charge >= 0.3 is 0 Å². The second-order valence-electron chi connectivity index (χ2n) is 13.7. The highest BCUT2D eigenvalue weighted by molar-refractivity contribution is 6.24. The van der Waals surface area contributed by atoms with Gasteiger partial charge in [0, 0.05) is 48.7 Å². The van der Waals surface area contributed by atoms with Crippen LogP contribution in [-0.4, -0.2) is 28.5 Å². The average Bonchev–Trinajstić information content (AvgIpc) is 4.16. The molecular weight excluding hydrogens is 697 g/mol. The van der Waals surface area contributed by atoms with Gasteiger partial charge in [-0.05, 0) is 59.6 Å². The zero-order valence-electron chi connectivity index (χ0n) is 45.3. The highest BCUT2D eigenvalue weighted by Crippen LogP contribution is 2.43. The molecule has 6 nitrogen and oxygen atoms in total. The van der Waals surface area contributed by atoms with Gasteiger partial charge < -0.3 is 4.40 Å². The Morgan fingerprint density at radius 1 is 0.368 bits per heavy atom. The maximum atomic E-state index is 9.29. The van der Waals surface area contributed by atoms with E-state index in [1.165, 1.54) is 0 Å². The van der Waals surface area contributed by atoms with E-state index < -0.39 is 109 Å². The van der Waals surface area contributed by atoms with Crippen molar-refractivity contribution in [1.82, 2.24) is 28.5 Å². The van der Waals surface area contributed by atoms with Crippen molar-refractivity contribution in [2.75, 3.05) is 0 Å². The third-order valence-corrected chi connectivity index (χ3v) is 10.8. The van der Waals surface area contributed by atoms with E-state index in [9.17, 15) is 5.48 Å². The number of fused-ring (bicyclic) bond motifs is 12. The number of rotatable bonds is 4. The number of hydrogen-bond acceptors (Lipinski definition) is 3. The molecular formula is C51H30N6. The Labute approximate surface area is 348 Å². The topological polar surface area (TPSA) is 52.9 Å². The van der Waals surface area contributed by atoms with Crippen molar-refractivity contribution in [2.24, 2.45) is 0 Å². The van der Waals surface area contributed by atoms with Crippen LogP contribution in [0.2, 0.25) is 0 Å². The number of benzene rings is 8. The number of aromatic nitrogens is 6. The summed E-state index contributed by atoms with van der Waals surface area (Å²) in [5, 5.41) is 2.86. The Kier molecular flexibility index (Phi) is 3.82. The van der Waals surface area contributed by atoms with E-state index in [-0.39, 0.29) is 49.4 Å². The van der Waals surface area contributed by atoms with Crippen molar-refractivity contribution in [2.45, 2.75) is 0 Å². The average molecular weight is 743 g/mol.